The number of ether oxygens (including phenoxy) is 1. The molecular weight excluding hydrogens is 414 g/mol. The number of aryl methyl sites for hydroxylation is 2. The van der Waals surface area contributed by atoms with Gasteiger partial charge in [0.05, 0.1) is 11.3 Å². The Morgan fingerprint density at radius 1 is 1.06 bits per heavy atom. The van der Waals surface area contributed by atoms with Crippen LogP contribution in [-0.2, 0) is 10.5 Å². The van der Waals surface area contributed by atoms with E-state index < -0.39 is 12.1 Å². The van der Waals surface area contributed by atoms with Crippen molar-refractivity contribution in [2.75, 3.05) is 0 Å². The molecule has 2 heterocycles. The number of hydrogen-bond donors (Lipinski definition) is 0. The molecule has 0 N–H and O–H groups in total. The molecule has 8 heteroatoms. The highest BCUT2D eigenvalue weighted by atomic mass is 32.2. The van der Waals surface area contributed by atoms with Crippen LogP contribution >= 0.6 is 11.8 Å². The van der Waals surface area contributed by atoms with E-state index >= 15 is 0 Å². The molecular formula is C23H21N3O4S. The van der Waals surface area contributed by atoms with Crippen LogP contribution in [0.2, 0.25) is 0 Å². The van der Waals surface area contributed by atoms with E-state index in [9.17, 15) is 4.79 Å². The molecule has 31 heavy (non-hydrogen) atoms. The third kappa shape index (κ3) is 4.69. The van der Waals surface area contributed by atoms with Gasteiger partial charge in [0.2, 0.25) is 5.89 Å². The van der Waals surface area contributed by atoms with Crippen molar-refractivity contribution >= 4 is 17.7 Å². The Labute approximate surface area is 183 Å². The number of benzene rings is 2. The van der Waals surface area contributed by atoms with Gasteiger partial charge < -0.3 is 13.7 Å². The second-order valence-corrected chi connectivity index (χ2v) is 7.96. The molecule has 158 valence electrons. The quantitative estimate of drug-likeness (QED) is 0.276. The predicted octanol–water partition coefficient (Wildman–Crippen LogP) is 5.55. The molecule has 4 rings (SSSR count). The van der Waals surface area contributed by atoms with E-state index in [0.29, 0.717) is 17.2 Å². The number of aromatic nitrogens is 3. The van der Waals surface area contributed by atoms with Crippen LogP contribution in [0.25, 0.3) is 11.5 Å². The van der Waals surface area contributed by atoms with Crippen molar-refractivity contribution in [3.05, 3.63) is 83.1 Å². The largest absolute Gasteiger partial charge is 0.449 e. The zero-order valence-electron chi connectivity index (χ0n) is 17.4. The maximum Gasteiger partial charge on any atom is 0.340 e. The van der Waals surface area contributed by atoms with Crippen molar-refractivity contribution in [3.63, 3.8) is 0 Å². The number of nitrogens with zero attached hydrogens (tertiary/aromatic N) is 3. The standard InChI is InChI=1S/C23H21N3O4S/c1-14-19(15(2)30-26-14)13-31-20-12-8-7-11-18(20)23(27)28-16(3)21-24-25-22(29-21)17-9-5-4-6-10-17/h4-12,16H,13H2,1-3H3. The van der Waals surface area contributed by atoms with E-state index in [1.54, 1.807) is 19.1 Å². The van der Waals surface area contributed by atoms with Gasteiger partial charge in [-0.25, -0.2) is 4.79 Å². The minimum absolute atomic E-state index is 0.244. The molecule has 0 amide bonds. The van der Waals surface area contributed by atoms with Gasteiger partial charge in [-0.3, -0.25) is 0 Å². The van der Waals surface area contributed by atoms with Gasteiger partial charge >= 0.3 is 5.97 Å². The first-order valence-electron chi connectivity index (χ1n) is 9.76. The molecule has 4 aromatic rings. The summed E-state index contributed by atoms with van der Waals surface area (Å²) in [4.78, 5) is 13.7. The van der Waals surface area contributed by atoms with Gasteiger partial charge in [0.1, 0.15) is 5.76 Å². The lowest BCUT2D eigenvalue weighted by Gasteiger charge is -2.12. The number of thioether (sulfide) groups is 1. The Bertz CT molecular complexity index is 1170. The fourth-order valence-electron chi connectivity index (χ4n) is 2.99. The fourth-order valence-corrected chi connectivity index (χ4v) is 4.18. The van der Waals surface area contributed by atoms with Gasteiger partial charge in [0.15, 0.2) is 6.10 Å². The second-order valence-electron chi connectivity index (χ2n) is 6.95. The lowest BCUT2D eigenvalue weighted by Crippen LogP contribution is -2.10. The van der Waals surface area contributed by atoms with E-state index in [0.717, 1.165) is 27.5 Å². The lowest BCUT2D eigenvalue weighted by atomic mass is 10.2. The van der Waals surface area contributed by atoms with Crippen molar-refractivity contribution in [2.45, 2.75) is 37.5 Å². The molecule has 0 aliphatic carbocycles. The summed E-state index contributed by atoms with van der Waals surface area (Å²) < 4.78 is 16.5. The molecule has 7 nitrogen and oxygen atoms in total. The highest BCUT2D eigenvalue weighted by Crippen LogP contribution is 2.30. The van der Waals surface area contributed by atoms with Crippen LogP contribution in [0, 0.1) is 13.8 Å². The molecule has 0 spiro atoms. The minimum Gasteiger partial charge on any atom is -0.449 e. The average molecular weight is 436 g/mol. The van der Waals surface area contributed by atoms with Gasteiger partial charge in [0, 0.05) is 21.8 Å². The van der Waals surface area contributed by atoms with Gasteiger partial charge in [0.25, 0.3) is 5.89 Å². The van der Waals surface area contributed by atoms with Crippen LogP contribution in [0.3, 0.4) is 0 Å². The second kappa shape index (κ2) is 9.18. The van der Waals surface area contributed by atoms with Crippen LogP contribution in [0.1, 0.15) is 46.3 Å². The Morgan fingerprint density at radius 2 is 1.81 bits per heavy atom. The molecule has 0 radical (unpaired) electrons. The van der Waals surface area contributed by atoms with Crippen LogP contribution in [0.5, 0.6) is 0 Å². The Hall–Kier alpha value is -3.39. The maximum atomic E-state index is 12.9. The van der Waals surface area contributed by atoms with Crippen molar-refractivity contribution < 1.29 is 18.5 Å². The molecule has 0 bridgehead atoms. The molecule has 1 atom stereocenters. The Morgan fingerprint density at radius 3 is 2.55 bits per heavy atom. The van der Waals surface area contributed by atoms with E-state index in [1.807, 2.05) is 56.3 Å². The summed E-state index contributed by atoms with van der Waals surface area (Å²) >= 11 is 1.53. The topological polar surface area (TPSA) is 91.2 Å². The SMILES string of the molecule is Cc1noc(C)c1CSc1ccccc1C(=O)OC(C)c1nnc(-c2ccccc2)o1. The van der Waals surface area contributed by atoms with Crippen molar-refractivity contribution in [1.29, 1.82) is 0 Å². The summed E-state index contributed by atoms with van der Waals surface area (Å²) in [6, 6.07) is 16.8. The fraction of sp³-hybridized carbons (Fsp3) is 0.217. The molecule has 2 aromatic carbocycles. The first-order chi connectivity index (χ1) is 15.0. The molecule has 2 aromatic heterocycles. The molecule has 0 aliphatic heterocycles. The van der Waals surface area contributed by atoms with E-state index in [1.165, 1.54) is 11.8 Å². The van der Waals surface area contributed by atoms with Crippen molar-refractivity contribution in [2.24, 2.45) is 0 Å². The minimum atomic E-state index is -0.682. The lowest BCUT2D eigenvalue weighted by molar-refractivity contribution is 0.0276. The molecule has 0 aliphatic rings. The summed E-state index contributed by atoms with van der Waals surface area (Å²) in [6.45, 7) is 5.49. The van der Waals surface area contributed by atoms with E-state index in [2.05, 4.69) is 15.4 Å². The highest BCUT2D eigenvalue weighted by Gasteiger charge is 2.22. The molecule has 0 saturated heterocycles. The zero-order chi connectivity index (χ0) is 21.8. The summed E-state index contributed by atoms with van der Waals surface area (Å²) in [6.07, 6.45) is -0.682. The highest BCUT2D eigenvalue weighted by molar-refractivity contribution is 7.98. The number of esters is 1. The summed E-state index contributed by atoms with van der Waals surface area (Å²) in [5.41, 5.74) is 3.17. The first-order valence-corrected chi connectivity index (χ1v) is 10.7. The molecule has 0 fully saturated rings. The van der Waals surface area contributed by atoms with Crippen molar-refractivity contribution in [3.8, 4) is 11.5 Å². The van der Waals surface area contributed by atoms with Gasteiger partial charge in [-0.15, -0.1) is 22.0 Å². The van der Waals surface area contributed by atoms with E-state index in [-0.39, 0.29) is 5.89 Å². The first kappa shape index (κ1) is 20.9. The van der Waals surface area contributed by atoms with E-state index in [4.69, 9.17) is 13.7 Å². The number of carbonyl (C=O) groups is 1. The third-order valence-corrected chi connectivity index (χ3v) is 5.85. The third-order valence-electron chi connectivity index (χ3n) is 4.75. The number of hydrogen-bond acceptors (Lipinski definition) is 8. The summed E-state index contributed by atoms with van der Waals surface area (Å²) in [5.74, 6) is 1.60. The number of carbonyl (C=O) groups excluding carboxylic acids is 1. The van der Waals surface area contributed by atoms with Gasteiger partial charge in [-0.2, -0.15) is 0 Å². The normalized spacial score (nSPS) is 12.0. The predicted molar refractivity (Wildman–Crippen MR) is 116 cm³/mol. The Balaban J connectivity index is 1.46. The van der Waals surface area contributed by atoms with Gasteiger partial charge in [-0.1, -0.05) is 35.5 Å². The maximum absolute atomic E-state index is 12.9. The van der Waals surface area contributed by atoms with Gasteiger partial charge in [-0.05, 0) is 45.0 Å². The summed E-state index contributed by atoms with van der Waals surface area (Å²) in [7, 11) is 0. The molecule has 0 saturated carbocycles. The van der Waals surface area contributed by atoms with Crippen molar-refractivity contribution in [1.82, 2.24) is 15.4 Å². The van der Waals surface area contributed by atoms with Crippen LogP contribution in [-0.4, -0.2) is 21.3 Å². The molecule has 1 unspecified atom stereocenters. The van der Waals surface area contributed by atoms with Crippen LogP contribution < -0.4 is 0 Å². The number of rotatable bonds is 7. The average Bonchev–Trinajstić information content (AvgIpc) is 3.40. The van der Waals surface area contributed by atoms with Crippen LogP contribution in [0.15, 0.2) is 68.4 Å². The van der Waals surface area contributed by atoms with Crippen LogP contribution in [0.4, 0.5) is 0 Å². The zero-order valence-corrected chi connectivity index (χ0v) is 18.2. The summed E-state index contributed by atoms with van der Waals surface area (Å²) in [5, 5.41) is 12.1. The smallest absolute Gasteiger partial charge is 0.340 e. The Kier molecular flexibility index (Phi) is 6.18. The monoisotopic (exact) mass is 435 g/mol.